The number of rotatable bonds is 7. The van der Waals surface area contributed by atoms with Gasteiger partial charge in [-0.1, -0.05) is 25.1 Å². The molecule has 1 atom stereocenters. The lowest BCUT2D eigenvalue weighted by molar-refractivity contribution is 0.146. The number of aliphatic hydroxyl groups excluding tert-OH is 1. The molecule has 1 aliphatic rings. The molecule has 1 aromatic carbocycles. The molecule has 0 amide bonds. The van der Waals surface area contributed by atoms with Gasteiger partial charge in [-0.05, 0) is 36.2 Å². The van der Waals surface area contributed by atoms with Crippen LogP contribution in [-0.4, -0.2) is 33.2 Å². The van der Waals surface area contributed by atoms with E-state index in [0.717, 1.165) is 16.9 Å². The zero-order valence-corrected chi connectivity index (χ0v) is 18.3. The highest BCUT2D eigenvalue weighted by Gasteiger charge is 2.25. The van der Waals surface area contributed by atoms with Crippen molar-refractivity contribution in [2.75, 3.05) is 23.4 Å². The molecule has 3 heterocycles. The van der Waals surface area contributed by atoms with Crippen molar-refractivity contribution in [3.63, 3.8) is 0 Å². The minimum atomic E-state index is -2.64. The molecule has 1 aliphatic heterocycles. The number of halogens is 3. The van der Waals surface area contributed by atoms with E-state index in [0.29, 0.717) is 47.9 Å². The smallest absolute Gasteiger partial charge is 0.280 e. The molecule has 2 aromatic heterocycles. The highest BCUT2D eigenvalue weighted by atomic mass is 35.5. The maximum atomic E-state index is 12.9. The first-order valence-electron chi connectivity index (χ1n) is 10.4. The van der Waals surface area contributed by atoms with Gasteiger partial charge in [0.1, 0.15) is 23.9 Å². The first kappa shape index (κ1) is 25.3. The molecule has 0 bridgehead atoms. The number of nitrogens with zero attached hydrogens (tertiary/aromatic N) is 5. The summed E-state index contributed by atoms with van der Waals surface area (Å²) in [4.78, 5) is 14.7. The predicted molar refractivity (Wildman–Crippen MR) is 127 cm³/mol. The summed E-state index contributed by atoms with van der Waals surface area (Å²) in [6, 6.07) is 9.89. The van der Waals surface area contributed by atoms with Crippen molar-refractivity contribution in [2.45, 2.75) is 39.3 Å². The SMILES string of the molecule is C.N#Cc1cc(Cl)ccc1N1CCc2ncnc(N[C@H](CCO)c3ccc(C(F)F)nc3)c2C1. The summed E-state index contributed by atoms with van der Waals surface area (Å²) < 4.78 is 25.7. The van der Waals surface area contributed by atoms with Gasteiger partial charge in [0.05, 0.1) is 23.0 Å². The van der Waals surface area contributed by atoms with Crippen LogP contribution in [-0.2, 0) is 13.0 Å². The first-order chi connectivity index (χ1) is 16.0. The molecule has 0 spiro atoms. The molecule has 0 saturated carbocycles. The monoisotopic (exact) mass is 486 g/mol. The fraction of sp³-hybridized carbons (Fsp3) is 0.333. The average Bonchev–Trinajstić information content (AvgIpc) is 2.83. The van der Waals surface area contributed by atoms with Crippen LogP contribution in [0.3, 0.4) is 0 Å². The van der Waals surface area contributed by atoms with Gasteiger partial charge in [-0.3, -0.25) is 4.98 Å². The Morgan fingerprint density at radius 1 is 1.21 bits per heavy atom. The van der Waals surface area contributed by atoms with Crippen molar-refractivity contribution < 1.29 is 13.9 Å². The summed E-state index contributed by atoms with van der Waals surface area (Å²) in [5.41, 5.74) is 3.40. The Bertz CT molecular complexity index is 1170. The van der Waals surface area contributed by atoms with Gasteiger partial charge in [0.25, 0.3) is 6.43 Å². The maximum Gasteiger partial charge on any atom is 0.280 e. The summed E-state index contributed by atoms with van der Waals surface area (Å²) in [6.07, 6.45) is 1.23. The van der Waals surface area contributed by atoms with Crippen LogP contribution in [0.5, 0.6) is 0 Å². The molecule has 0 aliphatic carbocycles. The van der Waals surface area contributed by atoms with E-state index in [1.165, 1.54) is 18.6 Å². The van der Waals surface area contributed by atoms with Crippen LogP contribution in [0.1, 0.15) is 54.4 Å². The average molecular weight is 487 g/mol. The third-order valence-electron chi connectivity index (χ3n) is 5.59. The highest BCUT2D eigenvalue weighted by Crippen LogP contribution is 2.32. The molecule has 0 unspecified atom stereocenters. The van der Waals surface area contributed by atoms with Crippen LogP contribution in [0.25, 0.3) is 0 Å². The van der Waals surface area contributed by atoms with E-state index < -0.39 is 6.43 Å². The number of anilines is 2. The second-order valence-corrected chi connectivity index (χ2v) is 8.06. The van der Waals surface area contributed by atoms with E-state index >= 15 is 0 Å². The van der Waals surface area contributed by atoms with Gasteiger partial charge in [-0.15, -0.1) is 0 Å². The molecule has 3 aromatic rings. The maximum absolute atomic E-state index is 12.9. The molecule has 34 heavy (non-hydrogen) atoms. The zero-order valence-electron chi connectivity index (χ0n) is 17.5. The minimum Gasteiger partial charge on any atom is -0.396 e. The molecule has 0 radical (unpaired) electrons. The molecular weight excluding hydrogens is 462 g/mol. The fourth-order valence-electron chi connectivity index (χ4n) is 3.91. The van der Waals surface area contributed by atoms with Crippen molar-refractivity contribution in [2.24, 2.45) is 0 Å². The number of alkyl halides is 2. The molecule has 4 rings (SSSR count). The summed E-state index contributed by atoms with van der Waals surface area (Å²) >= 11 is 6.05. The number of aromatic nitrogens is 3. The van der Waals surface area contributed by atoms with Crippen molar-refractivity contribution in [3.8, 4) is 6.07 Å². The Morgan fingerprint density at radius 2 is 2.03 bits per heavy atom. The molecule has 2 N–H and O–H groups in total. The van der Waals surface area contributed by atoms with Gasteiger partial charge >= 0.3 is 0 Å². The summed E-state index contributed by atoms with van der Waals surface area (Å²) in [5, 5.41) is 22.9. The zero-order chi connectivity index (χ0) is 23.4. The van der Waals surface area contributed by atoms with Gasteiger partial charge in [-0.25, -0.2) is 18.7 Å². The van der Waals surface area contributed by atoms with Gasteiger partial charge in [-0.2, -0.15) is 5.26 Å². The lowest BCUT2D eigenvalue weighted by atomic mass is 10.0. The van der Waals surface area contributed by atoms with Crippen molar-refractivity contribution in [3.05, 3.63) is 76.0 Å². The van der Waals surface area contributed by atoms with Gasteiger partial charge < -0.3 is 15.3 Å². The largest absolute Gasteiger partial charge is 0.396 e. The number of nitriles is 1. The topological polar surface area (TPSA) is 98.0 Å². The first-order valence-corrected chi connectivity index (χ1v) is 10.8. The standard InChI is InChI=1S/C23H21ClF2N6O.CH4/c24-16-2-4-21(15(9-16)10-27)32-7-5-19-17(12-32)23(30-13-29-19)31-18(6-8-33)14-1-3-20(22(25)26)28-11-14;/h1-4,9,11,13,18,22,33H,5-8,12H2,(H,29,30,31);1H4/t18-;/m1./s1. The Balaban J connectivity index is 0.00000324. The number of aliphatic hydroxyl groups is 1. The number of pyridine rings is 1. The van der Waals surface area contributed by atoms with Gasteiger partial charge in [0.15, 0.2) is 0 Å². The summed E-state index contributed by atoms with van der Waals surface area (Å²) in [7, 11) is 0. The number of hydrogen-bond acceptors (Lipinski definition) is 7. The third kappa shape index (κ3) is 5.41. The number of fused-ring (bicyclic) bond motifs is 1. The lowest BCUT2D eigenvalue weighted by Gasteiger charge is -2.32. The Morgan fingerprint density at radius 3 is 2.71 bits per heavy atom. The van der Waals surface area contributed by atoms with Crippen LogP contribution in [0.2, 0.25) is 5.02 Å². The molecule has 178 valence electrons. The quantitative estimate of drug-likeness (QED) is 0.481. The molecule has 0 fully saturated rings. The second-order valence-electron chi connectivity index (χ2n) is 7.62. The Kier molecular flexibility index (Phi) is 8.31. The fourth-order valence-corrected chi connectivity index (χ4v) is 4.09. The van der Waals surface area contributed by atoms with Crippen molar-refractivity contribution in [1.29, 1.82) is 5.26 Å². The Hall–Kier alpha value is -3.35. The van der Waals surface area contributed by atoms with Crippen LogP contribution in [0.15, 0.2) is 42.9 Å². The number of hydrogen-bond donors (Lipinski definition) is 2. The van der Waals surface area contributed by atoms with E-state index in [9.17, 15) is 19.1 Å². The minimum absolute atomic E-state index is 0. The third-order valence-corrected chi connectivity index (χ3v) is 5.82. The van der Waals surface area contributed by atoms with Crippen LogP contribution in [0, 0.1) is 11.3 Å². The predicted octanol–water partition coefficient (Wildman–Crippen LogP) is 5.07. The van der Waals surface area contributed by atoms with Crippen LogP contribution < -0.4 is 10.2 Å². The van der Waals surface area contributed by atoms with Gasteiger partial charge in [0, 0.05) is 42.9 Å². The number of benzene rings is 1. The summed E-state index contributed by atoms with van der Waals surface area (Å²) in [6.45, 7) is 1.05. The van der Waals surface area contributed by atoms with E-state index in [-0.39, 0.29) is 25.8 Å². The molecule has 10 heteroatoms. The van der Waals surface area contributed by atoms with E-state index in [4.69, 9.17) is 11.6 Å². The van der Waals surface area contributed by atoms with Crippen LogP contribution >= 0.6 is 11.6 Å². The lowest BCUT2D eigenvalue weighted by Crippen LogP contribution is -2.32. The number of nitrogens with one attached hydrogen (secondary N) is 1. The molecular formula is C24H25ClF2N6O. The normalized spacial score (nSPS) is 13.6. The van der Waals surface area contributed by atoms with Gasteiger partial charge in [0.2, 0.25) is 0 Å². The molecule has 7 nitrogen and oxygen atoms in total. The van der Waals surface area contributed by atoms with Crippen LogP contribution in [0.4, 0.5) is 20.3 Å². The van der Waals surface area contributed by atoms with E-state index in [1.54, 1.807) is 18.2 Å². The van der Waals surface area contributed by atoms with Crippen molar-refractivity contribution >= 4 is 23.1 Å². The van der Waals surface area contributed by atoms with E-state index in [2.05, 4.69) is 31.2 Å². The Labute approximate surface area is 202 Å². The molecule has 0 saturated heterocycles. The highest BCUT2D eigenvalue weighted by molar-refractivity contribution is 6.30. The van der Waals surface area contributed by atoms with Crippen molar-refractivity contribution in [1.82, 2.24) is 15.0 Å². The summed E-state index contributed by atoms with van der Waals surface area (Å²) in [5.74, 6) is 0.591. The second kappa shape index (κ2) is 11.2. The van der Waals surface area contributed by atoms with E-state index in [1.807, 2.05) is 6.07 Å².